The summed E-state index contributed by atoms with van der Waals surface area (Å²) in [6.45, 7) is 16.3. The third kappa shape index (κ3) is 13.4. The molecule has 5 nitrogen and oxygen atoms in total. The SMILES string of the molecule is CC(C)Cc1ccc(CCC(O)(CCCCOC(=O)C(C)(C)C)CCCCOC(=O)C(C)(C)C)cc1. The van der Waals surface area contributed by atoms with Crippen LogP contribution >= 0.6 is 0 Å². The Morgan fingerprint density at radius 2 is 1.14 bits per heavy atom. The number of aliphatic hydroxyl groups is 1. The van der Waals surface area contributed by atoms with E-state index in [0.717, 1.165) is 38.5 Å². The first-order valence-corrected chi connectivity index (χ1v) is 13.8. The van der Waals surface area contributed by atoms with E-state index in [4.69, 9.17) is 9.47 Å². The van der Waals surface area contributed by atoms with Gasteiger partial charge in [-0.05, 0) is 116 Å². The summed E-state index contributed by atoms with van der Waals surface area (Å²) >= 11 is 0. The highest BCUT2D eigenvalue weighted by Crippen LogP contribution is 2.28. The summed E-state index contributed by atoms with van der Waals surface area (Å²) in [6.07, 6.45) is 6.94. The minimum absolute atomic E-state index is 0.191. The van der Waals surface area contributed by atoms with Gasteiger partial charge in [-0.25, -0.2) is 0 Å². The predicted octanol–water partition coefficient (Wildman–Crippen LogP) is 7.07. The molecule has 0 aliphatic carbocycles. The van der Waals surface area contributed by atoms with E-state index in [1.54, 1.807) is 0 Å². The lowest BCUT2D eigenvalue weighted by Crippen LogP contribution is -2.30. The number of hydrogen-bond acceptors (Lipinski definition) is 5. The van der Waals surface area contributed by atoms with Gasteiger partial charge in [-0.1, -0.05) is 38.1 Å². The monoisotopic (exact) mass is 504 g/mol. The van der Waals surface area contributed by atoms with Crippen molar-refractivity contribution in [3.05, 3.63) is 35.4 Å². The molecule has 0 spiro atoms. The van der Waals surface area contributed by atoms with E-state index in [-0.39, 0.29) is 11.9 Å². The fourth-order valence-corrected chi connectivity index (χ4v) is 3.94. The average molecular weight is 505 g/mol. The Morgan fingerprint density at radius 1 is 0.722 bits per heavy atom. The molecular weight excluding hydrogens is 452 g/mol. The summed E-state index contributed by atoms with van der Waals surface area (Å²) in [5.41, 5.74) is 0.792. The van der Waals surface area contributed by atoms with Crippen LogP contribution in [0.1, 0.15) is 111 Å². The summed E-state index contributed by atoms with van der Waals surface area (Å²) in [7, 11) is 0. The minimum atomic E-state index is -0.793. The van der Waals surface area contributed by atoms with E-state index in [9.17, 15) is 14.7 Å². The molecule has 36 heavy (non-hydrogen) atoms. The van der Waals surface area contributed by atoms with Crippen molar-refractivity contribution in [3.8, 4) is 0 Å². The fraction of sp³-hybridized carbons (Fsp3) is 0.742. The van der Waals surface area contributed by atoms with Gasteiger partial charge in [0.05, 0.1) is 29.6 Å². The molecule has 0 radical (unpaired) electrons. The molecule has 0 atom stereocenters. The maximum absolute atomic E-state index is 12.0. The molecule has 1 aromatic carbocycles. The number of ether oxygens (including phenoxy) is 2. The highest BCUT2D eigenvalue weighted by Gasteiger charge is 2.27. The molecule has 0 unspecified atom stereocenters. The topological polar surface area (TPSA) is 72.8 Å². The van der Waals surface area contributed by atoms with E-state index in [2.05, 4.69) is 38.1 Å². The van der Waals surface area contributed by atoms with E-state index in [0.29, 0.717) is 38.4 Å². The first-order valence-electron chi connectivity index (χ1n) is 13.8. The van der Waals surface area contributed by atoms with Crippen LogP contribution in [0.25, 0.3) is 0 Å². The molecule has 1 aromatic rings. The van der Waals surface area contributed by atoms with Crippen molar-refractivity contribution in [2.45, 2.75) is 119 Å². The zero-order valence-electron chi connectivity index (χ0n) is 24.2. The summed E-state index contributed by atoms with van der Waals surface area (Å²) in [5.74, 6) is 0.248. The first kappa shape index (κ1) is 32.1. The quantitative estimate of drug-likeness (QED) is 0.204. The minimum Gasteiger partial charge on any atom is -0.465 e. The van der Waals surface area contributed by atoms with Crippen LogP contribution in [0.4, 0.5) is 0 Å². The number of benzene rings is 1. The molecule has 0 aliphatic rings. The van der Waals surface area contributed by atoms with Crippen LogP contribution in [0.15, 0.2) is 24.3 Å². The molecular formula is C31H52O5. The van der Waals surface area contributed by atoms with Gasteiger partial charge in [-0.15, -0.1) is 0 Å². The second-order valence-corrected chi connectivity index (χ2v) is 12.8. The van der Waals surface area contributed by atoms with Crippen molar-refractivity contribution < 1.29 is 24.2 Å². The summed E-state index contributed by atoms with van der Waals surface area (Å²) in [5, 5.41) is 11.5. The molecule has 206 valence electrons. The van der Waals surface area contributed by atoms with Gasteiger partial charge >= 0.3 is 11.9 Å². The third-order valence-electron chi connectivity index (χ3n) is 6.31. The summed E-state index contributed by atoms with van der Waals surface area (Å²) < 4.78 is 10.8. The molecule has 0 fully saturated rings. The number of rotatable bonds is 15. The van der Waals surface area contributed by atoms with Crippen LogP contribution < -0.4 is 0 Å². The molecule has 5 heteroatoms. The summed E-state index contributed by atoms with van der Waals surface area (Å²) in [6, 6.07) is 8.75. The van der Waals surface area contributed by atoms with Crippen molar-refractivity contribution in [2.75, 3.05) is 13.2 Å². The maximum atomic E-state index is 12.0. The zero-order valence-corrected chi connectivity index (χ0v) is 24.2. The van der Waals surface area contributed by atoms with Crippen LogP contribution in [-0.4, -0.2) is 35.9 Å². The average Bonchev–Trinajstić information content (AvgIpc) is 2.76. The standard InChI is InChI=1S/C31H52O5/c1-24(2)23-26-15-13-25(14-16-26)17-20-31(34,18-9-11-21-35-27(32)29(3,4)5)19-10-12-22-36-28(33)30(6,7)8/h13-16,24,34H,9-12,17-23H2,1-8H3. The molecule has 1 N–H and O–H groups in total. The smallest absolute Gasteiger partial charge is 0.311 e. The number of esters is 2. The van der Waals surface area contributed by atoms with Crippen LogP contribution in [0.3, 0.4) is 0 Å². The number of carbonyl (C=O) groups excluding carboxylic acids is 2. The normalized spacial score (nSPS) is 12.6. The Hall–Kier alpha value is -1.88. The number of unbranched alkanes of at least 4 members (excludes halogenated alkanes) is 2. The van der Waals surface area contributed by atoms with Gasteiger partial charge in [0.15, 0.2) is 0 Å². The van der Waals surface area contributed by atoms with Crippen molar-refractivity contribution in [2.24, 2.45) is 16.7 Å². The van der Waals surface area contributed by atoms with E-state index in [1.165, 1.54) is 11.1 Å². The van der Waals surface area contributed by atoms with Crippen molar-refractivity contribution in [1.82, 2.24) is 0 Å². The Kier molecular flexibility index (Phi) is 13.2. The Bertz CT molecular complexity index is 745. The second kappa shape index (κ2) is 14.8. The van der Waals surface area contributed by atoms with E-state index >= 15 is 0 Å². The van der Waals surface area contributed by atoms with Crippen LogP contribution in [-0.2, 0) is 31.9 Å². The van der Waals surface area contributed by atoms with Gasteiger partial charge in [0.25, 0.3) is 0 Å². The molecule has 0 aromatic heterocycles. The van der Waals surface area contributed by atoms with Gasteiger partial charge in [-0.3, -0.25) is 9.59 Å². The lowest BCUT2D eigenvalue weighted by atomic mass is 9.85. The summed E-state index contributed by atoms with van der Waals surface area (Å²) in [4.78, 5) is 23.9. The predicted molar refractivity (Wildman–Crippen MR) is 147 cm³/mol. The van der Waals surface area contributed by atoms with Gasteiger partial charge < -0.3 is 14.6 Å². The van der Waals surface area contributed by atoms with Gasteiger partial charge in [0.2, 0.25) is 0 Å². The van der Waals surface area contributed by atoms with E-state index in [1.807, 2.05) is 41.5 Å². The molecule has 0 heterocycles. The first-order chi connectivity index (χ1) is 16.6. The van der Waals surface area contributed by atoms with Crippen LogP contribution in [0.2, 0.25) is 0 Å². The largest absolute Gasteiger partial charge is 0.465 e. The maximum Gasteiger partial charge on any atom is 0.311 e. The number of carbonyl (C=O) groups is 2. The van der Waals surface area contributed by atoms with Gasteiger partial charge in [-0.2, -0.15) is 0 Å². The Labute approximate surface area is 220 Å². The molecule has 0 bridgehead atoms. The van der Waals surface area contributed by atoms with Gasteiger partial charge in [0, 0.05) is 0 Å². The molecule has 0 aliphatic heterocycles. The molecule has 0 saturated heterocycles. The van der Waals surface area contributed by atoms with E-state index < -0.39 is 16.4 Å². The number of aryl methyl sites for hydroxylation is 1. The lowest BCUT2D eigenvalue weighted by molar-refractivity contribution is -0.153. The Morgan fingerprint density at radius 3 is 1.53 bits per heavy atom. The third-order valence-corrected chi connectivity index (χ3v) is 6.31. The van der Waals surface area contributed by atoms with Crippen molar-refractivity contribution in [3.63, 3.8) is 0 Å². The van der Waals surface area contributed by atoms with Gasteiger partial charge in [0.1, 0.15) is 0 Å². The Balaban J connectivity index is 2.61. The van der Waals surface area contributed by atoms with Crippen molar-refractivity contribution >= 4 is 11.9 Å². The molecule has 1 rings (SSSR count). The number of hydrogen-bond donors (Lipinski definition) is 1. The fourth-order valence-electron chi connectivity index (χ4n) is 3.94. The second-order valence-electron chi connectivity index (χ2n) is 12.8. The highest BCUT2D eigenvalue weighted by molar-refractivity contribution is 5.75. The highest BCUT2D eigenvalue weighted by atomic mass is 16.5. The van der Waals surface area contributed by atoms with Crippen LogP contribution in [0.5, 0.6) is 0 Å². The van der Waals surface area contributed by atoms with Crippen molar-refractivity contribution in [1.29, 1.82) is 0 Å². The van der Waals surface area contributed by atoms with Crippen LogP contribution in [0, 0.1) is 16.7 Å². The molecule has 0 saturated carbocycles. The zero-order chi connectivity index (χ0) is 27.4. The molecule has 0 amide bonds. The lowest BCUT2D eigenvalue weighted by Gasteiger charge is -2.29.